The third-order valence-corrected chi connectivity index (χ3v) is 5.81. The number of pyridine rings is 1. The van der Waals surface area contributed by atoms with E-state index in [0.29, 0.717) is 34.0 Å². The molecule has 0 aliphatic rings. The summed E-state index contributed by atoms with van der Waals surface area (Å²) in [5, 5.41) is 20.8. The van der Waals surface area contributed by atoms with Crippen LogP contribution in [0.25, 0.3) is 11.4 Å². The van der Waals surface area contributed by atoms with Crippen LogP contribution in [-0.4, -0.2) is 51.1 Å². The van der Waals surface area contributed by atoms with E-state index in [-0.39, 0.29) is 31.0 Å². The topological polar surface area (TPSA) is 125 Å². The van der Waals surface area contributed by atoms with Gasteiger partial charge in [0.1, 0.15) is 23.1 Å². The third kappa shape index (κ3) is 7.12. The molecule has 4 N–H and O–H groups in total. The fourth-order valence-electron chi connectivity index (χ4n) is 3.83. The summed E-state index contributed by atoms with van der Waals surface area (Å²) in [5.41, 5.74) is 3.62. The first-order valence-electron chi connectivity index (χ1n) is 12.1. The number of aryl methyl sites for hydroxylation is 1. The van der Waals surface area contributed by atoms with Gasteiger partial charge in [0.05, 0.1) is 29.7 Å². The number of H-pyrrole nitrogens is 1. The molecule has 0 saturated carbocycles. The van der Waals surface area contributed by atoms with Gasteiger partial charge in [-0.2, -0.15) is 0 Å². The number of ketones is 1. The van der Waals surface area contributed by atoms with Crippen molar-refractivity contribution < 1.29 is 28.9 Å². The lowest BCUT2D eigenvalue weighted by molar-refractivity contribution is -0.117. The van der Waals surface area contributed by atoms with E-state index in [9.17, 15) is 19.1 Å². The van der Waals surface area contributed by atoms with Crippen LogP contribution in [0.3, 0.4) is 0 Å². The molecule has 0 bridgehead atoms. The number of aromatic nitrogens is 2. The van der Waals surface area contributed by atoms with Crippen LogP contribution in [0.1, 0.15) is 27.0 Å². The fraction of sp³-hybridized carbons (Fsp3) is 0.207. The summed E-state index contributed by atoms with van der Waals surface area (Å²) in [6, 6.07) is 16.9. The van der Waals surface area contributed by atoms with Crippen molar-refractivity contribution in [2.45, 2.75) is 25.9 Å². The number of carbonyl (C=O) groups excluding carboxylic acids is 2. The van der Waals surface area contributed by atoms with Crippen LogP contribution in [0.4, 0.5) is 4.39 Å². The number of Topliss-reactive ketones (excluding diaryl/α,β-unsaturated/α-hetero) is 1. The summed E-state index contributed by atoms with van der Waals surface area (Å²) in [5.74, 6) is 0.249. The van der Waals surface area contributed by atoms with Crippen LogP contribution in [0, 0.1) is 12.7 Å². The molecule has 9 heteroatoms. The van der Waals surface area contributed by atoms with Crippen LogP contribution < -0.4 is 10.1 Å². The summed E-state index contributed by atoms with van der Waals surface area (Å²) in [6.07, 6.45) is 2.32. The van der Waals surface area contributed by atoms with Crippen molar-refractivity contribution in [2.75, 3.05) is 13.2 Å². The molecule has 4 rings (SSSR count). The second kappa shape index (κ2) is 12.3. The number of carbonyl (C=O) groups is 2. The molecule has 38 heavy (non-hydrogen) atoms. The number of nitrogens with one attached hydrogen (secondary N) is 2. The van der Waals surface area contributed by atoms with Crippen LogP contribution in [0.2, 0.25) is 0 Å². The molecule has 196 valence electrons. The van der Waals surface area contributed by atoms with Crippen LogP contribution in [0.5, 0.6) is 11.5 Å². The summed E-state index contributed by atoms with van der Waals surface area (Å²) in [7, 11) is 0. The van der Waals surface area contributed by atoms with Gasteiger partial charge in [0.25, 0.3) is 5.91 Å². The van der Waals surface area contributed by atoms with Crippen LogP contribution in [-0.2, 0) is 17.6 Å². The predicted molar refractivity (Wildman–Crippen MR) is 140 cm³/mol. The quantitative estimate of drug-likeness (QED) is 0.240. The van der Waals surface area contributed by atoms with Crippen LogP contribution >= 0.6 is 0 Å². The molecule has 0 fully saturated rings. The minimum atomic E-state index is -1.02. The average molecular weight is 518 g/mol. The monoisotopic (exact) mass is 517 g/mol. The lowest BCUT2D eigenvalue weighted by atomic mass is 10.0. The molecule has 0 saturated heterocycles. The zero-order chi connectivity index (χ0) is 27.1. The predicted octanol–water partition coefficient (Wildman–Crippen LogP) is 3.75. The lowest BCUT2D eigenvalue weighted by Gasteiger charge is -2.08. The van der Waals surface area contributed by atoms with E-state index in [0.717, 1.165) is 11.1 Å². The van der Waals surface area contributed by atoms with E-state index in [1.165, 1.54) is 12.3 Å². The summed E-state index contributed by atoms with van der Waals surface area (Å²) < 4.78 is 19.9. The number of nitrogens with zero attached hydrogens (tertiary/aromatic N) is 1. The van der Waals surface area contributed by atoms with Crippen molar-refractivity contribution in [2.24, 2.45) is 0 Å². The molecule has 0 radical (unpaired) electrons. The van der Waals surface area contributed by atoms with Gasteiger partial charge in [0, 0.05) is 37.8 Å². The van der Waals surface area contributed by atoms with Gasteiger partial charge < -0.3 is 25.3 Å². The van der Waals surface area contributed by atoms with E-state index in [1.54, 1.807) is 60.8 Å². The van der Waals surface area contributed by atoms with Crippen molar-refractivity contribution in [3.8, 4) is 22.9 Å². The second-order valence-electron chi connectivity index (χ2n) is 8.96. The maximum absolute atomic E-state index is 14.0. The van der Waals surface area contributed by atoms with Gasteiger partial charge in [-0.15, -0.1) is 0 Å². The molecule has 8 nitrogen and oxygen atoms in total. The third-order valence-electron chi connectivity index (χ3n) is 5.81. The Balaban J connectivity index is 1.36. The first-order valence-corrected chi connectivity index (χ1v) is 12.1. The molecular weight excluding hydrogens is 489 g/mol. The highest BCUT2D eigenvalue weighted by atomic mass is 19.1. The molecule has 0 aliphatic carbocycles. The standard InChI is InChI=1S/C29H28FN3O5/c1-18-2-7-26(30)20(10-18)12-22(35)11-19-3-5-24(6-4-19)38-25-8-9-31-28(14-25)27-13-21(15-32-27)29(37)33-16-23(36)17-34/h2-10,13-15,23,32,34,36H,11-12,16-17H2,1H3,(H,33,37). The van der Waals surface area contributed by atoms with Gasteiger partial charge in [0.2, 0.25) is 0 Å². The maximum atomic E-state index is 14.0. The second-order valence-corrected chi connectivity index (χ2v) is 8.96. The zero-order valence-electron chi connectivity index (χ0n) is 20.8. The first-order chi connectivity index (χ1) is 18.3. The molecule has 4 aromatic rings. The van der Waals surface area contributed by atoms with Gasteiger partial charge in [-0.3, -0.25) is 14.6 Å². The minimum absolute atomic E-state index is 0.0400. The number of ether oxygens (including phenoxy) is 1. The van der Waals surface area contributed by atoms with E-state index in [4.69, 9.17) is 9.84 Å². The number of benzene rings is 2. The molecule has 2 aromatic carbocycles. The number of aliphatic hydroxyl groups excluding tert-OH is 2. The number of amides is 1. The van der Waals surface area contributed by atoms with Crippen molar-refractivity contribution in [3.05, 3.63) is 101 Å². The van der Waals surface area contributed by atoms with Gasteiger partial charge in [0.15, 0.2) is 0 Å². The van der Waals surface area contributed by atoms with E-state index < -0.39 is 18.6 Å². The van der Waals surface area contributed by atoms with Gasteiger partial charge in [-0.1, -0.05) is 29.8 Å². The number of halogens is 1. The van der Waals surface area contributed by atoms with Gasteiger partial charge in [-0.25, -0.2) is 4.39 Å². The number of hydrogen-bond donors (Lipinski definition) is 4. The van der Waals surface area contributed by atoms with E-state index in [1.807, 2.05) is 6.92 Å². The Morgan fingerprint density at radius 3 is 2.61 bits per heavy atom. The molecule has 2 aromatic heterocycles. The number of aliphatic hydroxyl groups is 2. The van der Waals surface area contributed by atoms with Crippen LogP contribution in [0.15, 0.2) is 73.1 Å². The molecule has 0 spiro atoms. The molecule has 1 amide bonds. The minimum Gasteiger partial charge on any atom is -0.457 e. The fourth-order valence-corrected chi connectivity index (χ4v) is 3.83. The molecule has 2 heterocycles. The van der Waals surface area contributed by atoms with E-state index >= 15 is 0 Å². The summed E-state index contributed by atoms with van der Waals surface area (Å²) in [4.78, 5) is 32.0. The number of aromatic amines is 1. The largest absolute Gasteiger partial charge is 0.457 e. The number of hydrogen-bond acceptors (Lipinski definition) is 6. The molecule has 1 atom stereocenters. The molecule has 1 unspecified atom stereocenters. The summed E-state index contributed by atoms with van der Waals surface area (Å²) in [6.45, 7) is 1.36. The molecular formula is C29H28FN3O5. The van der Waals surface area contributed by atoms with E-state index in [2.05, 4.69) is 15.3 Å². The van der Waals surface area contributed by atoms with Crippen molar-refractivity contribution in [1.82, 2.24) is 15.3 Å². The Bertz CT molecular complexity index is 1420. The summed E-state index contributed by atoms with van der Waals surface area (Å²) >= 11 is 0. The maximum Gasteiger partial charge on any atom is 0.252 e. The normalized spacial score (nSPS) is 11.7. The Labute approximate surface area is 219 Å². The lowest BCUT2D eigenvalue weighted by Crippen LogP contribution is -2.33. The average Bonchev–Trinajstić information content (AvgIpc) is 3.41. The Hall–Kier alpha value is -4.34. The highest BCUT2D eigenvalue weighted by Gasteiger charge is 2.13. The molecule has 0 aliphatic heterocycles. The van der Waals surface area contributed by atoms with Gasteiger partial charge >= 0.3 is 0 Å². The first kappa shape index (κ1) is 26.7. The van der Waals surface area contributed by atoms with Crippen molar-refractivity contribution in [3.63, 3.8) is 0 Å². The Kier molecular flexibility index (Phi) is 8.62. The van der Waals surface area contributed by atoms with Crippen molar-refractivity contribution in [1.29, 1.82) is 0 Å². The highest BCUT2D eigenvalue weighted by Crippen LogP contribution is 2.26. The highest BCUT2D eigenvalue weighted by molar-refractivity contribution is 5.95. The van der Waals surface area contributed by atoms with Crippen molar-refractivity contribution >= 4 is 11.7 Å². The smallest absolute Gasteiger partial charge is 0.252 e. The zero-order valence-corrected chi connectivity index (χ0v) is 20.8. The Morgan fingerprint density at radius 1 is 1.05 bits per heavy atom. The SMILES string of the molecule is Cc1ccc(F)c(CC(=O)Cc2ccc(Oc3ccnc(-c4cc(C(=O)NCC(O)CO)c[nH]4)c3)cc2)c1. The van der Waals surface area contributed by atoms with Gasteiger partial charge in [-0.05, 0) is 48.4 Å². The number of rotatable bonds is 11. The Morgan fingerprint density at radius 2 is 1.84 bits per heavy atom.